The zero-order valence-corrected chi connectivity index (χ0v) is 9.63. The van der Waals surface area contributed by atoms with Gasteiger partial charge >= 0.3 is 0 Å². The SMILES string of the molecule is CCC(C)C(O)Cc1ccc(F)cc1C. The summed E-state index contributed by atoms with van der Waals surface area (Å²) >= 11 is 0. The molecule has 0 fully saturated rings. The number of aliphatic hydroxyl groups excluding tert-OH is 1. The summed E-state index contributed by atoms with van der Waals surface area (Å²) in [5.74, 6) is 0.0729. The molecule has 2 unspecified atom stereocenters. The van der Waals surface area contributed by atoms with Crippen molar-refractivity contribution in [3.8, 4) is 0 Å². The van der Waals surface area contributed by atoms with Gasteiger partial charge in [-0.2, -0.15) is 0 Å². The lowest BCUT2D eigenvalue weighted by molar-refractivity contribution is 0.114. The minimum Gasteiger partial charge on any atom is -0.393 e. The molecule has 2 heteroatoms. The Hall–Kier alpha value is -0.890. The van der Waals surface area contributed by atoms with Crippen LogP contribution in [0.3, 0.4) is 0 Å². The molecule has 0 radical (unpaired) electrons. The smallest absolute Gasteiger partial charge is 0.123 e. The quantitative estimate of drug-likeness (QED) is 0.809. The minimum absolute atomic E-state index is 0.214. The first-order valence-corrected chi connectivity index (χ1v) is 5.47. The van der Waals surface area contributed by atoms with Gasteiger partial charge in [-0.1, -0.05) is 26.3 Å². The molecule has 84 valence electrons. The lowest BCUT2D eigenvalue weighted by atomic mass is 9.94. The molecule has 0 saturated heterocycles. The first-order chi connectivity index (χ1) is 7.04. The third-order valence-electron chi connectivity index (χ3n) is 3.03. The standard InChI is InChI=1S/C13H19FO/c1-4-9(2)13(15)8-11-5-6-12(14)7-10(11)3/h5-7,9,13,15H,4,8H2,1-3H3. The lowest BCUT2D eigenvalue weighted by Gasteiger charge is -2.18. The number of benzene rings is 1. The molecule has 1 nitrogen and oxygen atoms in total. The van der Waals surface area contributed by atoms with Crippen molar-refractivity contribution in [3.05, 3.63) is 35.1 Å². The third-order valence-corrected chi connectivity index (χ3v) is 3.03. The van der Waals surface area contributed by atoms with Gasteiger partial charge < -0.3 is 5.11 Å². The van der Waals surface area contributed by atoms with E-state index in [9.17, 15) is 9.50 Å². The maximum atomic E-state index is 12.8. The summed E-state index contributed by atoms with van der Waals surface area (Å²) in [6.07, 6.45) is 1.24. The van der Waals surface area contributed by atoms with Crippen LogP contribution >= 0.6 is 0 Å². The van der Waals surface area contributed by atoms with Crippen LogP contribution in [0.15, 0.2) is 18.2 Å². The average Bonchev–Trinajstić information content (AvgIpc) is 2.20. The van der Waals surface area contributed by atoms with Crippen LogP contribution < -0.4 is 0 Å². The summed E-state index contributed by atoms with van der Waals surface area (Å²) in [7, 11) is 0. The fourth-order valence-electron chi connectivity index (χ4n) is 1.59. The zero-order valence-electron chi connectivity index (χ0n) is 9.63. The summed E-state index contributed by atoms with van der Waals surface area (Å²) in [5.41, 5.74) is 1.95. The van der Waals surface area contributed by atoms with E-state index in [1.165, 1.54) is 12.1 Å². The second kappa shape index (κ2) is 5.26. The van der Waals surface area contributed by atoms with Crippen molar-refractivity contribution in [2.45, 2.75) is 39.7 Å². The van der Waals surface area contributed by atoms with E-state index in [1.54, 1.807) is 6.07 Å². The Bertz CT molecular complexity index is 322. The van der Waals surface area contributed by atoms with Crippen molar-refractivity contribution in [2.75, 3.05) is 0 Å². The van der Waals surface area contributed by atoms with Gasteiger partial charge in [-0.15, -0.1) is 0 Å². The Morgan fingerprint density at radius 2 is 2.07 bits per heavy atom. The molecule has 0 aliphatic heterocycles. The zero-order chi connectivity index (χ0) is 11.4. The van der Waals surface area contributed by atoms with E-state index in [0.29, 0.717) is 6.42 Å². The van der Waals surface area contributed by atoms with Gasteiger partial charge in [0.25, 0.3) is 0 Å². The van der Waals surface area contributed by atoms with E-state index in [1.807, 2.05) is 13.8 Å². The highest BCUT2D eigenvalue weighted by Crippen LogP contribution is 2.17. The van der Waals surface area contributed by atoms with Crippen LogP contribution in [0.25, 0.3) is 0 Å². The van der Waals surface area contributed by atoms with E-state index >= 15 is 0 Å². The fourth-order valence-corrected chi connectivity index (χ4v) is 1.59. The maximum Gasteiger partial charge on any atom is 0.123 e. The maximum absolute atomic E-state index is 12.8. The molecule has 0 aromatic heterocycles. The van der Waals surface area contributed by atoms with Crippen LogP contribution in [0.1, 0.15) is 31.4 Å². The van der Waals surface area contributed by atoms with Crippen molar-refractivity contribution in [1.29, 1.82) is 0 Å². The van der Waals surface area contributed by atoms with E-state index in [0.717, 1.165) is 17.5 Å². The Labute approximate surface area is 90.9 Å². The summed E-state index contributed by atoms with van der Waals surface area (Å²) in [6.45, 7) is 5.97. The van der Waals surface area contributed by atoms with Gasteiger partial charge in [-0.3, -0.25) is 0 Å². The molecule has 1 N–H and O–H groups in total. The largest absolute Gasteiger partial charge is 0.393 e. The average molecular weight is 210 g/mol. The van der Waals surface area contributed by atoms with Crippen molar-refractivity contribution in [3.63, 3.8) is 0 Å². The highest BCUT2D eigenvalue weighted by molar-refractivity contribution is 5.27. The van der Waals surface area contributed by atoms with Gasteiger partial charge in [0.1, 0.15) is 5.82 Å². The topological polar surface area (TPSA) is 20.2 Å². The predicted octanol–water partition coefficient (Wildman–Crippen LogP) is 3.08. The molecular weight excluding hydrogens is 191 g/mol. The summed E-state index contributed by atoms with van der Waals surface area (Å²) in [4.78, 5) is 0. The Kier molecular flexibility index (Phi) is 4.28. The van der Waals surface area contributed by atoms with Crippen molar-refractivity contribution in [1.82, 2.24) is 0 Å². The number of rotatable bonds is 4. The number of halogens is 1. The molecule has 1 rings (SSSR count). The number of aliphatic hydroxyl groups is 1. The van der Waals surface area contributed by atoms with E-state index in [-0.39, 0.29) is 17.8 Å². The molecule has 1 aromatic carbocycles. The van der Waals surface area contributed by atoms with Crippen LogP contribution in [-0.4, -0.2) is 11.2 Å². The van der Waals surface area contributed by atoms with Crippen LogP contribution in [0.2, 0.25) is 0 Å². The van der Waals surface area contributed by atoms with Gasteiger partial charge in [0.05, 0.1) is 6.10 Å². The van der Waals surface area contributed by atoms with Crippen molar-refractivity contribution in [2.24, 2.45) is 5.92 Å². The predicted molar refractivity (Wildman–Crippen MR) is 60.3 cm³/mol. The monoisotopic (exact) mass is 210 g/mol. The second-order valence-electron chi connectivity index (χ2n) is 4.23. The summed E-state index contributed by atoms with van der Waals surface area (Å²) in [5, 5.41) is 9.87. The van der Waals surface area contributed by atoms with E-state index in [4.69, 9.17) is 0 Å². The van der Waals surface area contributed by atoms with Crippen LogP contribution in [0.5, 0.6) is 0 Å². The second-order valence-corrected chi connectivity index (χ2v) is 4.23. The van der Waals surface area contributed by atoms with Gasteiger partial charge in [0, 0.05) is 0 Å². The third kappa shape index (κ3) is 3.31. The first kappa shape index (κ1) is 12.2. The van der Waals surface area contributed by atoms with E-state index in [2.05, 4.69) is 6.92 Å². The highest BCUT2D eigenvalue weighted by Gasteiger charge is 2.13. The lowest BCUT2D eigenvalue weighted by Crippen LogP contribution is -2.20. The summed E-state index contributed by atoms with van der Waals surface area (Å²) in [6, 6.07) is 4.72. The minimum atomic E-state index is -0.334. The van der Waals surface area contributed by atoms with Crippen molar-refractivity contribution < 1.29 is 9.50 Å². The molecule has 2 atom stereocenters. The normalized spacial score (nSPS) is 15.0. The van der Waals surface area contributed by atoms with Crippen LogP contribution in [-0.2, 0) is 6.42 Å². The Morgan fingerprint density at radius 1 is 1.40 bits per heavy atom. The first-order valence-electron chi connectivity index (χ1n) is 5.47. The molecule has 0 bridgehead atoms. The summed E-state index contributed by atoms with van der Waals surface area (Å²) < 4.78 is 12.8. The molecule has 1 aromatic rings. The number of aryl methyl sites for hydroxylation is 1. The number of hydrogen-bond donors (Lipinski definition) is 1. The Morgan fingerprint density at radius 3 is 2.60 bits per heavy atom. The molecule has 15 heavy (non-hydrogen) atoms. The molecule has 0 aliphatic carbocycles. The molecule has 0 aliphatic rings. The highest BCUT2D eigenvalue weighted by atomic mass is 19.1. The number of hydrogen-bond acceptors (Lipinski definition) is 1. The molecule has 0 saturated carbocycles. The Balaban J connectivity index is 2.72. The molecule has 0 amide bonds. The van der Waals surface area contributed by atoms with E-state index < -0.39 is 0 Å². The van der Waals surface area contributed by atoms with Gasteiger partial charge in [-0.05, 0) is 42.5 Å². The van der Waals surface area contributed by atoms with Crippen LogP contribution in [0.4, 0.5) is 4.39 Å². The van der Waals surface area contributed by atoms with Gasteiger partial charge in [-0.25, -0.2) is 4.39 Å². The molecular formula is C13H19FO. The van der Waals surface area contributed by atoms with Crippen molar-refractivity contribution >= 4 is 0 Å². The molecule has 0 heterocycles. The fraction of sp³-hybridized carbons (Fsp3) is 0.538. The van der Waals surface area contributed by atoms with Gasteiger partial charge in [0.2, 0.25) is 0 Å². The molecule has 0 spiro atoms. The van der Waals surface area contributed by atoms with Crippen LogP contribution in [0, 0.1) is 18.7 Å². The van der Waals surface area contributed by atoms with Gasteiger partial charge in [0.15, 0.2) is 0 Å².